The summed E-state index contributed by atoms with van der Waals surface area (Å²) >= 11 is 0. The zero-order chi connectivity index (χ0) is 31.0. The minimum atomic E-state index is -5.08. The first-order valence-electron chi connectivity index (χ1n) is 13.7. The molecule has 0 saturated heterocycles. The van der Waals surface area contributed by atoms with E-state index in [9.17, 15) is 22.8 Å². The molecule has 2 aromatic carbocycles. The lowest BCUT2D eigenvalue weighted by Gasteiger charge is -2.25. The van der Waals surface area contributed by atoms with Gasteiger partial charge in [0.05, 0.1) is 34.2 Å². The van der Waals surface area contributed by atoms with Crippen molar-refractivity contribution in [3.8, 4) is 11.3 Å². The van der Waals surface area contributed by atoms with Gasteiger partial charge in [0.1, 0.15) is 0 Å². The normalized spacial score (nSPS) is 14.3. The van der Waals surface area contributed by atoms with Gasteiger partial charge in [0, 0.05) is 23.7 Å². The van der Waals surface area contributed by atoms with Crippen molar-refractivity contribution in [3.63, 3.8) is 0 Å². The summed E-state index contributed by atoms with van der Waals surface area (Å²) in [6.07, 6.45) is 1.57. The van der Waals surface area contributed by atoms with Crippen molar-refractivity contribution in [2.75, 3.05) is 0 Å². The Bertz CT molecular complexity index is 1610. The summed E-state index contributed by atoms with van der Waals surface area (Å²) in [5.74, 6) is -3.71. The molecule has 1 aliphatic rings. The van der Waals surface area contributed by atoms with Gasteiger partial charge in [-0.05, 0) is 68.4 Å². The minimum Gasteiger partial charge on any atom is -0.481 e. The van der Waals surface area contributed by atoms with Crippen LogP contribution in [0.25, 0.3) is 22.3 Å². The number of aliphatic carboxylic acids is 2. The van der Waals surface area contributed by atoms with E-state index in [-0.39, 0.29) is 18.4 Å². The molecule has 224 valence electrons. The Balaban J connectivity index is 0.000000541. The number of fused-ring (bicyclic) bond motifs is 2. The van der Waals surface area contributed by atoms with Crippen molar-refractivity contribution >= 4 is 28.9 Å². The average Bonchev–Trinajstić information content (AvgIpc) is 2.99. The topological polar surface area (TPSA) is 142 Å². The molecule has 1 atom stereocenters. The van der Waals surface area contributed by atoms with E-state index < -0.39 is 18.1 Å². The highest BCUT2D eigenvalue weighted by molar-refractivity contribution is 5.97. The predicted octanol–water partition coefficient (Wildman–Crippen LogP) is 5.93. The van der Waals surface area contributed by atoms with Gasteiger partial charge in [-0.2, -0.15) is 13.2 Å². The first kappa shape index (κ1) is 31.1. The molecule has 12 heteroatoms. The summed E-state index contributed by atoms with van der Waals surface area (Å²) in [6, 6.07) is 19.2. The third-order valence-corrected chi connectivity index (χ3v) is 6.84. The number of alkyl halides is 3. The summed E-state index contributed by atoms with van der Waals surface area (Å²) in [4.78, 5) is 47.3. The highest BCUT2D eigenvalue weighted by Gasteiger charge is 2.38. The largest absolute Gasteiger partial charge is 0.490 e. The molecule has 43 heavy (non-hydrogen) atoms. The molecular formula is C31H29F3N4O5. The Hall–Kier alpha value is -4.87. The van der Waals surface area contributed by atoms with Crippen LogP contribution in [0.3, 0.4) is 0 Å². The van der Waals surface area contributed by atoms with Crippen LogP contribution in [-0.2, 0) is 22.4 Å². The number of hydrogen-bond acceptors (Lipinski definition) is 6. The lowest BCUT2D eigenvalue weighted by atomic mass is 9.91. The fourth-order valence-corrected chi connectivity index (χ4v) is 4.79. The molecule has 4 aromatic rings. The van der Waals surface area contributed by atoms with Gasteiger partial charge < -0.3 is 15.5 Å². The van der Waals surface area contributed by atoms with Crippen LogP contribution in [0.4, 0.5) is 13.2 Å². The molecule has 0 saturated carbocycles. The number of rotatable bonds is 8. The molecule has 9 nitrogen and oxygen atoms in total. The van der Waals surface area contributed by atoms with Crippen LogP contribution in [0.1, 0.15) is 65.5 Å². The maximum absolute atomic E-state index is 13.2. The number of hydrogen-bond donors (Lipinski definition) is 3. The molecule has 0 unspecified atom stereocenters. The zero-order valence-corrected chi connectivity index (χ0v) is 23.0. The molecule has 3 N–H and O–H groups in total. The van der Waals surface area contributed by atoms with E-state index in [0.29, 0.717) is 35.9 Å². The smallest absolute Gasteiger partial charge is 0.481 e. The quantitative estimate of drug-likeness (QED) is 0.213. The number of carboxylic acids is 2. The number of halogens is 3. The van der Waals surface area contributed by atoms with Crippen molar-refractivity contribution < 1.29 is 37.8 Å². The van der Waals surface area contributed by atoms with Gasteiger partial charge in [-0.1, -0.05) is 36.4 Å². The minimum absolute atomic E-state index is 0.102. The summed E-state index contributed by atoms with van der Waals surface area (Å²) in [6.45, 7) is 0. The van der Waals surface area contributed by atoms with E-state index in [4.69, 9.17) is 25.0 Å². The molecule has 0 radical (unpaired) electrons. The summed E-state index contributed by atoms with van der Waals surface area (Å²) in [7, 11) is 0. The van der Waals surface area contributed by atoms with Crippen molar-refractivity contribution in [2.24, 2.45) is 0 Å². The van der Waals surface area contributed by atoms with Crippen LogP contribution in [0, 0.1) is 0 Å². The molecule has 1 amide bonds. The number of benzene rings is 2. The number of carboxylic acid groups (broad SMARTS) is 2. The van der Waals surface area contributed by atoms with Gasteiger partial charge in [0.2, 0.25) is 0 Å². The molecule has 0 bridgehead atoms. The molecule has 5 rings (SSSR count). The number of carbonyl (C=O) groups is 3. The van der Waals surface area contributed by atoms with Gasteiger partial charge in [0.25, 0.3) is 5.91 Å². The highest BCUT2D eigenvalue weighted by atomic mass is 19.4. The second-order valence-corrected chi connectivity index (χ2v) is 9.96. The molecule has 2 aromatic heterocycles. The monoisotopic (exact) mass is 594 g/mol. The third kappa shape index (κ3) is 8.34. The van der Waals surface area contributed by atoms with Crippen molar-refractivity contribution in [3.05, 3.63) is 89.4 Å². The van der Waals surface area contributed by atoms with Gasteiger partial charge in [-0.3, -0.25) is 14.6 Å². The molecule has 0 aliphatic heterocycles. The Labute approximate surface area is 244 Å². The number of aryl methyl sites for hydroxylation is 2. The van der Waals surface area contributed by atoms with E-state index in [0.717, 1.165) is 41.9 Å². The number of unbranched alkanes of at least 4 members (excludes halogenated alkanes) is 1. The van der Waals surface area contributed by atoms with E-state index >= 15 is 0 Å². The van der Waals surface area contributed by atoms with Crippen molar-refractivity contribution in [1.29, 1.82) is 0 Å². The van der Waals surface area contributed by atoms with Crippen LogP contribution in [0.15, 0.2) is 66.9 Å². The van der Waals surface area contributed by atoms with E-state index in [2.05, 4.69) is 16.4 Å². The number of carbonyl (C=O) groups excluding carboxylic acids is 1. The Kier molecular flexibility index (Phi) is 10.0. The van der Waals surface area contributed by atoms with Crippen molar-refractivity contribution in [1.82, 2.24) is 20.3 Å². The van der Waals surface area contributed by atoms with Crippen LogP contribution in [0.2, 0.25) is 0 Å². The second kappa shape index (κ2) is 13.9. The number of nitrogens with one attached hydrogen (secondary N) is 1. The lowest BCUT2D eigenvalue weighted by molar-refractivity contribution is -0.192. The predicted molar refractivity (Wildman–Crippen MR) is 151 cm³/mol. The molecule has 0 fully saturated rings. The Morgan fingerprint density at radius 2 is 1.67 bits per heavy atom. The molecule has 1 aliphatic carbocycles. The van der Waals surface area contributed by atoms with Gasteiger partial charge in [0.15, 0.2) is 0 Å². The number of amides is 1. The number of pyridine rings is 1. The number of aromatic nitrogens is 3. The third-order valence-electron chi connectivity index (χ3n) is 6.84. The fraction of sp³-hybridized carbons (Fsp3) is 0.290. The summed E-state index contributed by atoms with van der Waals surface area (Å²) in [5, 5.41) is 19.2. The summed E-state index contributed by atoms with van der Waals surface area (Å²) < 4.78 is 31.7. The first-order chi connectivity index (χ1) is 20.5. The second-order valence-electron chi connectivity index (χ2n) is 9.96. The number of nitrogens with zero attached hydrogens (tertiary/aromatic N) is 3. The summed E-state index contributed by atoms with van der Waals surface area (Å²) in [5.41, 5.74) is 6.60. The van der Waals surface area contributed by atoms with E-state index in [1.165, 1.54) is 5.56 Å². The van der Waals surface area contributed by atoms with Crippen molar-refractivity contribution in [2.45, 2.75) is 57.2 Å². The van der Waals surface area contributed by atoms with E-state index in [1.54, 1.807) is 18.3 Å². The van der Waals surface area contributed by atoms with Gasteiger partial charge in [-0.15, -0.1) is 0 Å². The highest BCUT2D eigenvalue weighted by Crippen LogP contribution is 2.29. The Morgan fingerprint density at radius 1 is 0.930 bits per heavy atom. The van der Waals surface area contributed by atoms with E-state index in [1.807, 2.05) is 42.5 Å². The Morgan fingerprint density at radius 3 is 2.37 bits per heavy atom. The maximum Gasteiger partial charge on any atom is 0.490 e. The fourth-order valence-electron chi connectivity index (χ4n) is 4.79. The van der Waals surface area contributed by atoms with Crippen LogP contribution in [-0.4, -0.2) is 49.2 Å². The first-order valence-corrected chi connectivity index (χ1v) is 13.7. The van der Waals surface area contributed by atoms with Gasteiger partial charge >= 0.3 is 18.1 Å². The van der Waals surface area contributed by atoms with Gasteiger partial charge in [-0.25, -0.2) is 14.8 Å². The van der Waals surface area contributed by atoms with Crippen LogP contribution >= 0.6 is 0 Å². The maximum atomic E-state index is 13.2. The van der Waals surface area contributed by atoms with Crippen LogP contribution in [0.5, 0.6) is 0 Å². The zero-order valence-electron chi connectivity index (χ0n) is 23.0. The molecular weight excluding hydrogens is 565 g/mol. The standard InChI is InChI=1S/C29H28N4O3.C2HF3O2/c34-26(35)14-5-4-12-24-28(20-8-2-1-3-9-20)32-22-16-15-21(18-25(22)31-24)29(36)33-23-13-6-10-19-11-7-17-30-27(19)23;3-2(4,5)1(6)7/h1-3,7-9,11,15-18,23H,4-6,10,12-14H2,(H,33,36)(H,34,35);(H,6,7)/t23-;/m0./s1. The molecule has 0 spiro atoms. The average molecular weight is 595 g/mol. The lowest BCUT2D eigenvalue weighted by Crippen LogP contribution is -2.31. The SMILES string of the molecule is O=C(O)C(F)(F)F.O=C(O)CCCCc1nc2cc(C(=O)N[C@H]3CCCc4cccnc43)ccc2nc1-c1ccccc1. The van der Waals surface area contributed by atoms with Crippen LogP contribution < -0.4 is 5.32 Å². The molecule has 2 heterocycles.